The van der Waals surface area contributed by atoms with Crippen LogP contribution >= 0.6 is 0 Å². The number of anilines is 1. The topological polar surface area (TPSA) is 136 Å². The number of nitrogens with zero attached hydrogens (tertiary/aromatic N) is 5. The van der Waals surface area contributed by atoms with Crippen molar-refractivity contribution in [3.05, 3.63) is 54.2 Å². The molecule has 0 unspecified atom stereocenters. The number of carbonyl (C=O) groups is 3. The molecule has 156 valence electrons. The van der Waals surface area contributed by atoms with Gasteiger partial charge in [-0.3, -0.25) is 23.8 Å². The second kappa shape index (κ2) is 7.90. The molecule has 10 heteroatoms. The Balaban J connectivity index is 0.00000272. The Morgan fingerprint density at radius 3 is 2.87 bits per heavy atom. The van der Waals surface area contributed by atoms with E-state index in [1.54, 1.807) is 15.6 Å². The van der Waals surface area contributed by atoms with E-state index >= 15 is 0 Å². The molecule has 1 fully saturated rings. The molecule has 10 nitrogen and oxygen atoms in total. The van der Waals surface area contributed by atoms with Crippen LogP contribution in [0.1, 0.15) is 43.2 Å². The van der Waals surface area contributed by atoms with Crippen molar-refractivity contribution < 1.29 is 15.8 Å². The summed E-state index contributed by atoms with van der Waals surface area (Å²) in [5, 5.41) is 10.4. The number of nitrogens with two attached hydrogens (primary N) is 1. The van der Waals surface area contributed by atoms with Gasteiger partial charge in [-0.15, -0.1) is 10.2 Å². The fourth-order valence-corrected chi connectivity index (χ4v) is 3.72. The molecule has 3 amide bonds. The van der Waals surface area contributed by atoms with Gasteiger partial charge in [0.25, 0.3) is 0 Å². The number of nitrogens with one attached hydrogen (secondary N) is 1. The molecule has 4 rings (SSSR count). The second-order valence-corrected chi connectivity index (χ2v) is 7.50. The molecule has 3 aromatic heterocycles. The highest BCUT2D eigenvalue weighted by molar-refractivity contribution is 6.39. The van der Waals surface area contributed by atoms with Crippen LogP contribution in [0.25, 0.3) is 5.65 Å². The number of carbonyl (C=O) groups excluding carboxylic acids is 3. The van der Waals surface area contributed by atoms with Gasteiger partial charge in [0.15, 0.2) is 5.65 Å². The van der Waals surface area contributed by atoms with E-state index < -0.39 is 17.7 Å². The summed E-state index contributed by atoms with van der Waals surface area (Å²) in [5.74, 6) is -1.82. The van der Waals surface area contributed by atoms with Gasteiger partial charge in [0.1, 0.15) is 6.33 Å². The highest BCUT2D eigenvalue weighted by atomic mass is 16.2. The molecular formula is C20H23N7O3. The third-order valence-electron chi connectivity index (χ3n) is 5.25. The monoisotopic (exact) mass is 409 g/mol. The summed E-state index contributed by atoms with van der Waals surface area (Å²) in [4.78, 5) is 42.5. The summed E-state index contributed by atoms with van der Waals surface area (Å²) in [6, 6.07) is 4.89. The van der Waals surface area contributed by atoms with Gasteiger partial charge in [0, 0.05) is 20.4 Å². The number of pyridine rings is 2. The van der Waals surface area contributed by atoms with Crippen LogP contribution in [-0.2, 0) is 9.59 Å². The molecule has 1 aliphatic rings. The summed E-state index contributed by atoms with van der Waals surface area (Å²) in [5.41, 5.74) is 7.24. The van der Waals surface area contributed by atoms with Gasteiger partial charge in [0.2, 0.25) is 5.91 Å². The van der Waals surface area contributed by atoms with Gasteiger partial charge < -0.3 is 16.0 Å². The molecule has 1 saturated heterocycles. The Morgan fingerprint density at radius 2 is 2.07 bits per heavy atom. The van der Waals surface area contributed by atoms with E-state index in [0.29, 0.717) is 12.2 Å². The number of hydrogen-bond acceptors (Lipinski definition) is 6. The molecule has 4 heterocycles. The minimum absolute atomic E-state index is 0. The van der Waals surface area contributed by atoms with Crippen LogP contribution in [0.4, 0.5) is 5.69 Å². The number of primary amides is 1. The Bertz CT molecular complexity index is 1130. The van der Waals surface area contributed by atoms with E-state index in [0.717, 1.165) is 18.4 Å². The van der Waals surface area contributed by atoms with Crippen molar-refractivity contribution in [1.29, 1.82) is 0 Å². The van der Waals surface area contributed by atoms with Gasteiger partial charge in [-0.1, -0.05) is 13.0 Å². The van der Waals surface area contributed by atoms with Crippen molar-refractivity contribution in [3.8, 4) is 0 Å². The van der Waals surface area contributed by atoms with Crippen LogP contribution < -0.4 is 11.1 Å². The Kier molecular flexibility index (Phi) is 5.13. The fraction of sp³-hybridized carbons (Fsp3) is 0.300. The highest BCUT2D eigenvalue weighted by Crippen LogP contribution is 2.33. The average Bonchev–Trinajstić information content (AvgIpc) is 3.21. The lowest BCUT2D eigenvalue weighted by Crippen LogP contribution is -2.46. The van der Waals surface area contributed by atoms with Crippen molar-refractivity contribution >= 4 is 29.1 Å². The van der Waals surface area contributed by atoms with Crippen LogP contribution in [0.5, 0.6) is 0 Å². The normalized spacial score (nSPS) is 18.9. The van der Waals surface area contributed by atoms with E-state index in [4.69, 9.17) is 5.73 Å². The first-order valence-electron chi connectivity index (χ1n) is 9.58. The largest absolute Gasteiger partial charge is 0.366 e. The maximum atomic E-state index is 13.0. The number of likely N-dealkylation sites (tertiary alicyclic amines) is 1. The molecule has 30 heavy (non-hydrogen) atoms. The molecule has 0 aromatic carbocycles. The Labute approximate surface area is 173 Å². The number of amides is 3. The molecule has 0 saturated carbocycles. The summed E-state index contributed by atoms with van der Waals surface area (Å²) in [7, 11) is 0. The van der Waals surface area contributed by atoms with E-state index in [1.807, 2.05) is 18.3 Å². The average molecular weight is 409 g/mol. The number of fused-ring (bicyclic) bond motifs is 1. The predicted molar refractivity (Wildman–Crippen MR) is 109 cm³/mol. The first-order valence-corrected chi connectivity index (χ1v) is 9.58. The third-order valence-corrected chi connectivity index (χ3v) is 5.25. The summed E-state index contributed by atoms with van der Waals surface area (Å²) < 4.78 is 1.79. The molecule has 1 aliphatic heterocycles. The van der Waals surface area contributed by atoms with Crippen LogP contribution in [0.3, 0.4) is 0 Å². The van der Waals surface area contributed by atoms with Crippen molar-refractivity contribution in [2.24, 2.45) is 11.7 Å². The number of hydrogen-bond donors (Lipinski definition) is 2. The molecule has 3 aromatic rings. The summed E-state index contributed by atoms with van der Waals surface area (Å²) in [6.45, 7) is 2.52. The second-order valence-electron chi connectivity index (χ2n) is 7.50. The SMILES string of the molecule is C[C@@H]1CC[C@@H](c2ccc3nncn3c2)N(C(=O)C(=O)Nc2cncc(C(N)=O)c2)C1.[HH]. The maximum absolute atomic E-state index is 13.0. The number of rotatable bonds is 3. The lowest BCUT2D eigenvalue weighted by Gasteiger charge is -2.38. The Hall–Kier alpha value is -3.82. The first-order chi connectivity index (χ1) is 14.4. The van der Waals surface area contributed by atoms with Crippen molar-refractivity contribution in [1.82, 2.24) is 24.5 Å². The van der Waals surface area contributed by atoms with Gasteiger partial charge in [-0.2, -0.15) is 0 Å². The van der Waals surface area contributed by atoms with Gasteiger partial charge in [0.05, 0.1) is 23.5 Å². The minimum Gasteiger partial charge on any atom is -0.366 e. The predicted octanol–water partition coefficient (Wildman–Crippen LogP) is 1.41. The minimum atomic E-state index is -0.789. The molecule has 0 aliphatic carbocycles. The van der Waals surface area contributed by atoms with Gasteiger partial charge in [-0.05, 0) is 36.5 Å². The maximum Gasteiger partial charge on any atom is 0.313 e. The van der Waals surface area contributed by atoms with Crippen molar-refractivity contribution in [2.45, 2.75) is 25.8 Å². The Morgan fingerprint density at radius 1 is 1.23 bits per heavy atom. The lowest BCUT2D eigenvalue weighted by atomic mass is 9.90. The summed E-state index contributed by atoms with van der Waals surface area (Å²) >= 11 is 0. The van der Waals surface area contributed by atoms with E-state index in [1.165, 1.54) is 18.5 Å². The molecule has 3 N–H and O–H groups in total. The van der Waals surface area contributed by atoms with Crippen molar-refractivity contribution in [2.75, 3.05) is 11.9 Å². The first kappa shape index (κ1) is 19.5. The van der Waals surface area contributed by atoms with E-state index in [-0.39, 0.29) is 24.6 Å². The number of piperidine rings is 1. The lowest BCUT2D eigenvalue weighted by molar-refractivity contribution is -0.146. The molecule has 0 bridgehead atoms. The zero-order chi connectivity index (χ0) is 21.3. The van der Waals surface area contributed by atoms with E-state index in [9.17, 15) is 14.4 Å². The summed E-state index contributed by atoms with van der Waals surface area (Å²) in [6.07, 6.45) is 7.82. The quantitative estimate of drug-likeness (QED) is 0.628. The van der Waals surface area contributed by atoms with Crippen LogP contribution in [0.15, 0.2) is 43.1 Å². The van der Waals surface area contributed by atoms with E-state index in [2.05, 4.69) is 27.4 Å². The van der Waals surface area contributed by atoms with Gasteiger partial charge in [-0.25, -0.2) is 0 Å². The van der Waals surface area contributed by atoms with Gasteiger partial charge >= 0.3 is 11.8 Å². The van der Waals surface area contributed by atoms with Crippen LogP contribution in [-0.4, -0.2) is 48.7 Å². The molecule has 0 spiro atoms. The molecular weight excluding hydrogens is 386 g/mol. The fourth-order valence-electron chi connectivity index (χ4n) is 3.72. The molecule has 0 radical (unpaired) electrons. The number of aromatic nitrogens is 4. The van der Waals surface area contributed by atoms with Crippen LogP contribution in [0.2, 0.25) is 0 Å². The highest BCUT2D eigenvalue weighted by Gasteiger charge is 2.34. The smallest absolute Gasteiger partial charge is 0.313 e. The van der Waals surface area contributed by atoms with Crippen molar-refractivity contribution in [3.63, 3.8) is 0 Å². The molecule has 2 atom stereocenters. The standard InChI is InChI=1S/C20H21N7O3.H2/c1-12-2-4-16(13-3-5-17-25-23-11-26(17)10-13)27(9-12)20(30)19(29)24-15-6-14(18(21)28)7-22-8-15;/h3,5-8,10-12,16H,2,4,9H2,1H3,(H2,21,28)(H,24,29);1H/t12-,16+;/m1./s1. The zero-order valence-electron chi connectivity index (χ0n) is 16.4. The van der Waals surface area contributed by atoms with Crippen LogP contribution in [0, 0.1) is 5.92 Å². The third kappa shape index (κ3) is 3.84. The zero-order valence-corrected chi connectivity index (χ0v) is 16.4.